The monoisotopic (exact) mass is 424 g/mol. The van der Waals surface area contributed by atoms with Gasteiger partial charge in [-0.05, 0) is 36.4 Å². The van der Waals surface area contributed by atoms with E-state index in [9.17, 15) is 8.42 Å². The van der Waals surface area contributed by atoms with Crippen LogP contribution in [0.4, 0.5) is 0 Å². The Bertz CT molecular complexity index is 865. The van der Waals surface area contributed by atoms with Crippen molar-refractivity contribution in [3.05, 3.63) is 46.8 Å². The van der Waals surface area contributed by atoms with Crippen LogP contribution < -0.4 is 20.1 Å². The van der Waals surface area contributed by atoms with Gasteiger partial charge in [0, 0.05) is 32.2 Å². The Hall–Kier alpha value is -2.10. The van der Waals surface area contributed by atoms with E-state index in [0.29, 0.717) is 29.9 Å². The first kappa shape index (κ1) is 22.2. The lowest BCUT2D eigenvalue weighted by Gasteiger charge is -2.15. The highest BCUT2D eigenvalue weighted by molar-refractivity contribution is 7.91. The molecule has 2 aromatic rings. The molecule has 0 bridgehead atoms. The Morgan fingerprint density at radius 1 is 1.21 bits per heavy atom. The minimum Gasteiger partial charge on any atom is -0.493 e. The summed E-state index contributed by atoms with van der Waals surface area (Å²) in [6.07, 6.45) is 0.950. The van der Waals surface area contributed by atoms with Gasteiger partial charge in [0.05, 0.1) is 6.61 Å². The average molecular weight is 425 g/mol. The molecule has 0 saturated heterocycles. The average Bonchev–Trinajstić information content (AvgIpc) is 3.22. The predicted octanol–water partition coefficient (Wildman–Crippen LogP) is 2.49. The van der Waals surface area contributed by atoms with Crippen LogP contribution in [0.5, 0.6) is 5.75 Å². The second kappa shape index (κ2) is 11.0. The van der Waals surface area contributed by atoms with Crippen molar-refractivity contribution in [2.24, 2.45) is 4.99 Å². The third-order valence-corrected chi connectivity index (χ3v) is 6.68. The van der Waals surface area contributed by atoms with Gasteiger partial charge < -0.3 is 15.4 Å². The first-order chi connectivity index (χ1) is 13.5. The lowest BCUT2D eigenvalue weighted by Crippen LogP contribution is -2.41. The van der Waals surface area contributed by atoms with E-state index in [1.165, 1.54) is 11.3 Å². The maximum Gasteiger partial charge on any atom is 0.250 e. The van der Waals surface area contributed by atoms with Crippen LogP contribution in [0.25, 0.3) is 0 Å². The summed E-state index contributed by atoms with van der Waals surface area (Å²) in [5.41, 5.74) is 2.19. The zero-order valence-electron chi connectivity index (χ0n) is 16.5. The van der Waals surface area contributed by atoms with E-state index in [-0.39, 0.29) is 6.54 Å². The van der Waals surface area contributed by atoms with Crippen LogP contribution in [0, 0.1) is 6.92 Å². The van der Waals surface area contributed by atoms with Gasteiger partial charge in [0.2, 0.25) is 10.0 Å². The van der Waals surface area contributed by atoms with Gasteiger partial charge in [-0.3, -0.25) is 4.99 Å². The number of ether oxygens (including phenoxy) is 1. The van der Waals surface area contributed by atoms with Crippen LogP contribution in [0.1, 0.15) is 24.5 Å². The molecule has 0 aliphatic carbocycles. The van der Waals surface area contributed by atoms with E-state index < -0.39 is 10.0 Å². The number of thiophene rings is 1. The summed E-state index contributed by atoms with van der Waals surface area (Å²) >= 11 is 1.19. The minimum atomic E-state index is -3.44. The van der Waals surface area contributed by atoms with Gasteiger partial charge in [0.1, 0.15) is 9.96 Å². The first-order valence-corrected chi connectivity index (χ1v) is 11.5. The molecule has 0 fully saturated rings. The van der Waals surface area contributed by atoms with Crippen molar-refractivity contribution in [1.82, 2.24) is 15.4 Å². The van der Waals surface area contributed by atoms with Crippen LogP contribution in [-0.2, 0) is 16.6 Å². The lowest BCUT2D eigenvalue weighted by atomic mass is 10.1. The SMILES string of the molecule is CCCOc1cc(C)ccc1CNC(=NC)NCCNS(=O)(=O)c1cccs1. The van der Waals surface area contributed by atoms with Crippen molar-refractivity contribution < 1.29 is 13.2 Å². The predicted molar refractivity (Wildman–Crippen MR) is 115 cm³/mol. The Labute approximate surface area is 171 Å². The smallest absolute Gasteiger partial charge is 0.250 e. The molecule has 1 aromatic carbocycles. The molecule has 0 aliphatic heterocycles. The summed E-state index contributed by atoms with van der Waals surface area (Å²) < 4.78 is 32.9. The van der Waals surface area contributed by atoms with Gasteiger partial charge in [0.25, 0.3) is 0 Å². The second-order valence-corrected chi connectivity index (χ2v) is 9.08. The van der Waals surface area contributed by atoms with Crippen LogP contribution in [0.15, 0.2) is 44.9 Å². The van der Waals surface area contributed by atoms with Crippen molar-refractivity contribution in [3.8, 4) is 5.75 Å². The maximum atomic E-state index is 12.1. The highest BCUT2D eigenvalue weighted by Crippen LogP contribution is 2.20. The highest BCUT2D eigenvalue weighted by atomic mass is 32.2. The number of sulfonamides is 1. The number of nitrogens with one attached hydrogen (secondary N) is 3. The molecule has 1 aromatic heterocycles. The number of aliphatic imine (C=N–C) groups is 1. The van der Waals surface area contributed by atoms with Gasteiger partial charge in [-0.25, -0.2) is 13.1 Å². The fraction of sp³-hybridized carbons (Fsp3) is 0.421. The number of nitrogens with zero attached hydrogens (tertiary/aromatic N) is 1. The lowest BCUT2D eigenvalue weighted by molar-refractivity contribution is 0.313. The van der Waals surface area contributed by atoms with Gasteiger partial charge in [-0.15, -0.1) is 11.3 Å². The van der Waals surface area contributed by atoms with E-state index in [1.54, 1.807) is 24.6 Å². The largest absolute Gasteiger partial charge is 0.493 e. The number of guanidine groups is 1. The molecular formula is C19H28N4O3S2. The van der Waals surface area contributed by atoms with Gasteiger partial charge in [-0.2, -0.15) is 0 Å². The quantitative estimate of drug-likeness (QED) is 0.310. The van der Waals surface area contributed by atoms with E-state index in [0.717, 1.165) is 23.3 Å². The Morgan fingerprint density at radius 3 is 2.71 bits per heavy atom. The summed E-state index contributed by atoms with van der Waals surface area (Å²) in [5, 5.41) is 8.08. The van der Waals surface area contributed by atoms with Crippen molar-refractivity contribution in [2.45, 2.75) is 31.0 Å². The number of rotatable bonds is 10. The second-order valence-electron chi connectivity index (χ2n) is 6.14. The fourth-order valence-corrected chi connectivity index (χ4v) is 4.48. The van der Waals surface area contributed by atoms with Crippen molar-refractivity contribution in [1.29, 1.82) is 0 Å². The van der Waals surface area contributed by atoms with Crippen LogP contribution in [0.3, 0.4) is 0 Å². The molecule has 0 amide bonds. The zero-order chi connectivity index (χ0) is 20.4. The topological polar surface area (TPSA) is 91.8 Å². The van der Waals surface area contributed by atoms with E-state index in [1.807, 2.05) is 25.1 Å². The number of hydrogen-bond acceptors (Lipinski definition) is 5. The molecule has 9 heteroatoms. The Kier molecular flexibility index (Phi) is 8.75. The first-order valence-electron chi connectivity index (χ1n) is 9.16. The zero-order valence-corrected chi connectivity index (χ0v) is 18.1. The third kappa shape index (κ3) is 6.81. The van der Waals surface area contributed by atoms with Gasteiger partial charge >= 0.3 is 0 Å². The van der Waals surface area contributed by atoms with Gasteiger partial charge in [-0.1, -0.05) is 25.1 Å². The molecular weight excluding hydrogens is 396 g/mol. The molecule has 0 unspecified atom stereocenters. The maximum absolute atomic E-state index is 12.1. The molecule has 0 spiro atoms. The Balaban J connectivity index is 1.82. The molecule has 3 N–H and O–H groups in total. The fourth-order valence-electron chi connectivity index (χ4n) is 2.41. The molecule has 0 aliphatic rings. The molecule has 0 saturated carbocycles. The van der Waals surface area contributed by atoms with E-state index >= 15 is 0 Å². The number of hydrogen-bond donors (Lipinski definition) is 3. The summed E-state index contributed by atoms with van der Waals surface area (Å²) in [7, 11) is -1.77. The van der Waals surface area contributed by atoms with Crippen LogP contribution >= 0.6 is 11.3 Å². The van der Waals surface area contributed by atoms with E-state index in [2.05, 4.69) is 27.3 Å². The summed E-state index contributed by atoms with van der Waals surface area (Å²) in [6, 6.07) is 9.41. The normalized spacial score (nSPS) is 12.0. The van der Waals surface area contributed by atoms with Crippen LogP contribution in [-0.4, -0.2) is 41.1 Å². The minimum absolute atomic E-state index is 0.260. The molecule has 2 rings (SSSR count). The molecule has 28 heavy (non-hydrogen) atoms. The highest BCUT2D eigenvalue weighted by Gasteiger charge is 2.14. The summed E-state index contributed by atoms with van der Waals surface area (Å²) in [5.74, 6) is 1.46. The molecule has 7 nitrogen and oxygen atoms in total. The standard InChI is InChI=1S/C19H28N4O3S2/c1-4-11-26-17-13-15(2)7-8-16(17)14-22-19(20-3)21-9-10-23-28(24,25)18-6-5-12-27-18/h5-8,12-13,23H,4,9-11,14H2,1-3H3,(H2,20,21,22). The summed E-state index contributed by atoms with van der Waals surface area (Å²) in [4.78, 5) is 4.17. The molecule has 0 atom stereocenters. The Morgan fingerprint density at radius 2 is 2.04 bits per heavy atom. The molecule has 1 heterocycles. The van der Waals surface area contributed by atoms with Gasteiger partial charge in [0.15, 0.2) is 5.96 Å². The van der Waals surface area contributed by atoms with E-state index in [4.69, 9.17) is 4.74 Å². The number of benzene rings is 1. The molecule has 0 radical (unpaired) electrons. The summed E-state index contributed by atoms with van der Waals surface area (Å²) in [6.45, 7) is 6.02. The third-order valence-electron chi connectivity index (χ3n) is 3.82. The van der Waals surface area contributed by atoms with Crippen molar-refractivity contribution in [3.63, 3.8) is 0 Å². The van der Waals surface area contributed by atoms with Crippen LogP contribution in [0.2, 0.25) is 0 Å². The molecule has 154 valence electrons. The van der Waals surface area contributed by atoms with Crippen molar-refractivity contribution >= 4 is 27.3 Å². The van der Waals surface area contributed by atoms with Crippen molar-refractivity contribution in [2.75, 3.05) is 26.7 Å². The number of aryl methyl sites for hydroxylation is 1.